The highest BCUT2D eigenvalue weighted by atomic mass is 16.5. The third kappa shape index (κ3) is 3.16. The number of aromatic nitrogens is 1. The van der Waals surface area contributed by atoms with E-state index in [9.17, 15) is 9.59 Å². The normalized spacial score (nSPS) is 13.5. The molecule has 6 nitrogen and oxygen atoms in total. The minimum absolute atomic E-state index is 0.0779. The van der Waals surface area contributed by atoms with E-state index >= 15 is 0 Å². The van der Waals surface area contributed by atoms with Crippen LogP contribution in [0.1, 0.15) is 23.4 Å². The molecule has 1 aromatic heterocycles. The molecule has 114 valence electrons. The average molecular weight is 299 g/mol. The summed E-state index contributed by atoms with van der Waals surface area (Å²) in [7, 11) is 0. The van der Waals surface area contributed by atoms with Crippen LogP contribution in [0.2, 0.25) is 0 Å². The molecule has 0 atom stereocenters. The summed E-state index contributed by atoms with van der Waals surface area (Å²) in [4.78, 5) is 25.4. The number of hydrogen-bond acceptors (Lipinski definition) is 4. The first kappa shape index (κ1) is 14.3. The van der Waals surface area contributed by atoms with Gasteiger partial charge in [-0.05, 0) is 6.42 Å². The molecule has 0 aliphatic carbocycles. The Morgan fingerprint density at radius 2 is 2.00 bits per heavy atom. The molecule has 0 saturated carbocycles. The van der Waals surface area contributed by atoms with Crippen LogP contribution in [0.15, 0.2) is 40.9 Å². The van der Waals surface area contributed by atoms with E-state index in [0.717, 1.165) is 25.1 Å². The van der Waals surface area contributed by atoms with Gasteiger partial charge in [-0.15, -0.1) is 0 Å². The molecule has 3 rings (SSSR count). The molecule has 1 aliphatic rings. The molecule has 1 fully saturated rings. The molecule has 1 N–H and O–H groups in total. The molecule has 0 unspecified atom stereocenters. The molecule has 2 aromatic rings. The van der Waals surface area contributed by atoms with Crippen LogP contribution >= 0.6 is 0 Å². The van der Waals surface area contributed by atoms with Gasteiger partial charge >= 0.3 is 0 Å². The third-order valence-corrected chi connectivity index (χ3v) is 3.64. The topological polar surface area (TPSA) is 75.4 Å². The lowest BCUT2D eigenvalue weighted by atomic mass is 10.1. The number of hydrogen-bond donors (Lipinski definition) is 1. The summed E-state index contributed by atoms with van der Waals surface area (Å²) < 4.78 is 5.06. The Kier molecular flexibility index (Phi) is 4.18. The van der Waals surface area contributed by atoms with Crippen LogP contribution in [0.25, 0.3) is 11.3 Å². The predicted molar refractivity (Wildman–Crippen MR) is 80.1 cm³/mol. The number of amides is 2. The van der Waals surface area contributed by atoms with E-state index in [4.69, 9.17) is 4.52 Å². The van der Waals surface area contributed by atoms with Gasteiger partial charge in [-0.2, -0.15) is 0 Å². The first-order valence-electron chi connectivity index (χ1n) is 7.32. The summed E-state index contributed by atoms with van der Waals surface area (Å²) in [6.45, 7) is 1.96. The van der Waals surface area contributed by atoms with Crippen LogP contribution in [0.3, 0.4) is 0 Å². The fourth-order valence-electron chi connectivity index (χ4n) is 2.22. The lowest BCUT2D eigenvalue weighted by molar-refractivity contribution is -0.134. The summed E-state index contributed by atoms with van der Waals surface area (Å²) in [6.07, 6.45) is 1.38. The third-order valence-electron chi connectivity index (χ3n) is 3.64. The van der Waals surface area contributed by atoms with Gasteiger partial charge in [-0.1, -0.05) is 35.5 Å². The van der Waals surface area contributed by atoms with Crippen molar-refractivity contribution in [1.82, 2.24) is 15.4 Å². The second-order valence-corrected chi connectivity index (χ2v) is 5.18. The minimum atomic E-state index is -0.355. The van der Waals surface area contributed by atoms with Crippen molar-refractivity contribution in [2.24, 2.45) is 0 Å². The van der Waals surface area contributed by atoms with Crippen LogP contribution in [-0.2, 0) is 4.79 Å². The molecule has 1 saturated heterocycles. The fourth-order valence-corrected chi connectivity index (χ4v) is 2.22. The first-order valence-corrected chi connectivity index (χ1v) is 7.32. The van der Waals surface area contributed by atoms with Crippen LogP contribution in [0, 0.1) is 0 Å². The maximum Gasteiger partial charge on any atom is 0.289 e. The predicted octanol–water partition coefficient (Wildman–Crippen LogP) is 1.69. The lowest BCUT2D eigenvalue weighted by Crippen LogP contribution is -2.43. The smallest absolute Gasteiger partial charge is 0.289 e. The number of benzene rings is 1. The number of likely N-dealkylation sites (tertiary alicyclic amines) is 1. The maximum atomic E-state index is 12.0. The number of nitrogens with one attached hydrogen (secondary N) is 1. The fraction of sp³-hybridized carbons (Fsp3) is 0.312. The number of carbonyl (C=O) groups excluding carboxylic acids is 2. The Bertz CT molecular complexity index is 662. The van der Waals surface area contributed by atoms with Crippen LogP contribution < -0.4 is 5.32 Å². The van der Waals surface area contributed by atoms with Crippen LogP contribution in [0.4, 0.5) is 0 Å². The minimum Gasteiger partial charge on any atom is -0.350 e. The van der Waals surface area contributed by atoms with Gasteiger partial charge in [0.15, 0.2) is 0 Å². The van der Waals surface area contributed by atoms with Gasteiger partial charge in [-0.3, -0.25) is 9.59 Å². The summed E-state index contributed by atoms with van der Waals surface area (Å²) in [5.74, 6) is -0.129. The van der Waals surface area contributed by atoms with Gasteiger partial charge in [0.1, 0.15) is 5.69 Å². The highest BCUT2D eigenvalue weighted by Gasteiger charge is 2.20. The van der Waals surface area contributed by atoms with E-state index in [1.165, 1.54) is 0 Å². The summed E-state index contributed by atoms with van der Waals surface area (Å²) in [5.41, 5.74) is 1.50. The Morgan fingerprint density at radius 1 is 1.23 bits per heavy atom. The van der Waals surface area contributed by atoms with Gasteiger partial charge < -0.3 is 14.7 Å². The average Bonchev–Trinajstić information content (AvgIpc) is 2.96. The quantitative estimate of drug-likeness (QED) is 0.911. The Hall–Kier alpha value is -2.63. The van der Waals surface area contributed by atoms with Crippen molar-refractivity contribution in [2.75, 3.05) is 19.6 Å². The van der Waals surface area contributed by atoms with Crippen molar-refractivity contribution < 1.29 is 14.1 Å². The summed E-state index contributed by atoms with van der Waals surface area (Å²) in [5, 5.41) is 6.57. The molecule has 0 spiro atoms. The Morgan fingerprint density at radius 3 is 2.68 bits per heavy atom. The van der Waals surface area contributed by atoms with E-state index in [1.54, 1.807) is 11.0 Å². The van der Waals surface area contributed by atoms with Crippen molar-refractivity contribution in [3.63, 3.8) is 0 Å². The Labute approximate surface area is 128 Å². The van der Waals surface area contributed by atoms with Crippen molar-refractivity contribution in [3.8, 4) is 11.3 Å². The van der Waals surface area contributed by atoms with E-state index in [1.807, 2.05) is 30.3 Å². The van der Waals surface area contributed by atoms with Crippen molar-refractivity contribution in [1.29, 1.82) is 0 Å². The monoisotopic (exact) mass is 299 g/mol. The van der Waals surface area contributed by atoms with Gasteiger partial charge in [0, 0.05) is 37.7 Å². The van der Waals surface area contributed by atoms with E-state index in [-0.39, 0.29) is 17.6 Å². The van der Waals surface area contributed by atoms with Crippen molar-refractivity contribution in [3.05, 3.63) is 42.2 Å². The lowest BCUT2D eigenvalue weighted by Gasteiger charge is -2.30. The van der Waals surface area contributed by atoms with Gasteiger partial charge in [-0.25, -0.2) is 0 Å². The van der Waals surface area contributed by atoms with E-state index in [2.05, 4.69) is 10.5 Å². The highest BCUT2D eigenvalue weighted by Crippen LogP contribution is 2.18. The SMILES string of the molecule is O=C(NCCC(=O)N1CCC1)c1cc(-c2ccccc2)no1. The van der Waals surface area contributed by atoms with Crippen LogP contribution in [-0.4, -0.2) is 41.5 Å². The zero-order valence-corrected chi connectivity index (χ0v) is 12.1. The number of carbonyl (C=O) groups is 2. The standard InChI is InChI=1S/C16H17N3O3/c20-15(19-9-4-10-19)7-8-17-16(21)14-11-13(18-22-14)12-5-2-1-3-6-12/h1-3,5-6,11H,4,7-10H2,(H,17,21). The first-order chi connectivity index (χ1) is 10.7. The second kappa shape index (κ2) is 6.43. The van der Waals surface area contributed by atoms with E-state index in [0.29, 0.717) is 18.7 Å². The molecule has 1 aliphatic heterocycles. The van der Waals surface area contributed by atoms with Crippen molar-refractivity contribution >= 4 is 11.8 Å². The van der Waals surface area contributed by atoms with Crippen molar-refractivity contribution in [2.45, 2.75) is 12.8 Å². The molecule has 0 bridgehead atoms. The molecule has 1 aromatic carbocycles. The van der Waals surface area contributed by atoms with Gasteiger partial charge in [0.2, 0.25) is 11.7 Å². The largest absolute Gasteiger partial charge is 0.350 e. The molecule has 6 heteroatoms. The van der Waals surface area contributed by atoms with E-state index < -0.39 is 0 Å². The molecular formula is C16H17N3O3. The second-order valence-electron chi connectivity index (χ2n) is 5.18. The van der Waals surface area contributed by atoms with Gasteiger partial charge in [0.05, 0.1) is 0 Å². The maximum absolute atomic E-state index is 12.0. The summed E-state index contributed by atoms with van der Waals surface area (Å²) >= 11 is 0. The molecule has 2 heterocycles. The molecular weight excluding hydrogens is 282 g/mol. The molecule has 22 heavy (non-hydrogen) atoms. The number of nitrogens with zero attached hydrogens (tertiary/aromatic N) is 2. The zero-order valence-electron chi connectivity index (χ0n) is 12.1. The van der Waals surface area contributed by atoms with Gasteiger partial charge in [0.25, 0.3) is 5.91 Å². The highest BCUT2D eigenvalue weighted by molar-refractivity contribution is 5.92. The molecule has 2 amide bonds. The Balaban J connectivity index is 1.52. The number of rotatable bonds is 5. The summed E-state index contributed by atoms with van der Waals surface area (Å²) in [6, 6.07) is 11.1. The zero-order chi connectivity index (χ0) is 15.4. The molecule has 0 radical (unpaired) electrons. The van der Waals surface area contributed by atoms with Crippen LogP contribution in [0.5, 0.6) is 0 Å².